The molecule has 0 saturated heterocycles. The first-order valence-corrected chi connectivity index (χ1v) is 7.57. The molecule has 7 heteroatoms. The second-order valence-electron chi connectivity index (χ2n) is 2.68. The molecule has 0 aliphatic carbocycles. The van der Waals surface area contributed by atoms with E-state index in [1.165, 1.54) is 0 Å². The van der Waals surface area contributed by atoms with E-state index in [9.17, 15) is 0 Å². The second-order valence-corrected chi connectivity index (χ2v) is 4.83. The summed E-state index contributed by atoms with van der Waals surface area (Å²) in [5.41, 5.74) is 0. The van der Waals surface area contributed by atoms with Crippen molar-refractivity contribution in [3.8, 4) is 0 Å². The highest BCUT2D eigenvalue weighted by molar-refractivity contribution is 6.53. The van der Waals surface area contributed by atoms with Gasteiger partial charge in [0, 0.05) is 26.4 Å². The third-order valence-corrected chi connectivity index (χ3v) is 3.95. The number of hydrogen-bond acceptors (Lipinski definition) is 6. The molecule has 6 nitrogen and oxygen atoms in total. The summed E-state index contributed by atoms with van der Waals surface area (Å²) in [5, 5.41) is 15.2. The summed E-state index contributed by atoms with van der Waals surface area (Å²) < 4.78 is 21.7. The van der Waals surface area contributed by atoms with E-state index in [0.29, 0.717) is 26.4 Å². The lowest BCUT2D eigenvalue weighted by atomic mass is 10.8. The fraction of sp³-hybridized carbons (Fsp3) is 1.00. The highest BCUT2D eigenvalue weighted by atomic mass is 28.4. The van der Waals surface area contributed by atoms with Crippen molar-refractivity contribution in [3.63, 3.8) is 0 Å². The molecule has 0 unspecified atom stereocenters. The van der Waals surface area contributed by atoms with Gasteiger partial charge >= 0.3 is 9.05 Å². The second kappa shape index (κ2) is 14.0. The van der Waals surface area contributed by atoms with Crippen LogP contribution in [0.3, 0.4) is 0 Å². The fourth-order valence-corrected chi connectivity index (χ4v) is 2.87. The molecule has 0 radical (unpaired) electrons. The summed E-state index contributed by atoms with van der Waals surface area (Å²) in [6.07, 6.45) is 0. The van der Waals surface area contributed by atoms with E-state index in [4.69, 9.17) is 27.9 Å². The van der Waals surface area contributed by atoms with Gasteiger partial charge in [-0.1, -0.05) is 0 Å². The van der Waals surface area contributed by atoms with Crippen molar-refractivity contribution in [1.29, 1.82) is 0 Å². The maximum Gasteiger partial charge on any atom is 0.679 e. The molecule has 0 atom stereocenters. The van der Waals surface area contributed by atoms with Crippen molar-refractivity contribution in [2.75, 3.05) is 39.6 Å². The van der Waals surface area contributed by atoms with E-state index < -0.39 is 9.05 Å². The Morgan fingerprint density at radius 2 is 0.882 bits per heavy atom. The molecule has 0 aromatic rings. The van der Waals surface area contributed by atoms with Crippen molar-refractivity contribution in [2.45, 2.75) is 27.7 Å². The lowest BCUT2D eigenvalue weighted by Crippen LogP contribution is -2.49. The van der Waals surface area contributed by atoms with Crippen LogP contribution in [0, 0.1) is 0 Å². The first kappa shape index (κ1) is 19.3. The van der Waals surface area contributed by atoms with Gasteiger partial charge in [0.15, 0.2) is 0 Å². The van der Waals surface area contributed by atoms with Gasteiger partial charge in [-0.3, -0.25) is 0 Å². The number of hydrogen-bond donors (Lipinski definition) is 2. The van der Waals surface area contributed by atoms with Gasteiger partial charge in [-0.25, -0.2) is 0 Å². The van der Waals surface area contributed by atoms with Crippen LogP contribution in [0.15, 0.2) is 0 Å². The van der Waals surface area contributed by atoms with Crippen molar-refractivity contribution in [3.05, 3.63) is 0 Å². The average molecular weight is 270 g/mol. The van der Waals surface area contributed by atoms with Crippen molar-refractivity contribution < 1.29 is 27.9 Å². The number of aliphatic hydroxyl groups excluding tert-OH is 2. The van der Waals surface area contributed by atoms with Crippen LogP contribution in [-0.4, -0.2) is 58.9 Å². The molecule has 0 saturated carbocycles. The van der Waals surface area contributed by atoms with Crippen LogP contribution in [-0.2, 0) is 17.7 Å². The SMILES string of the molecule is CCO[Si](OCC)(OCC)OCC.OCCO. The topological polar surface area (TPSA) is 77.4 Å². The van der Waals surface area contributed by atoms with Crippen LogP contribution in [0.4, 0.5) is 0 Å². The molecular formula is C10H26O6Si. The van der Waals surface area contributed by atoms with E-state index in [1.807, 2.05) is 27.7 Å². The van der Waals surface area contributed by atoms with Gasteiger partial charge in [0.2, 0.25) is 0 Å². The van der Waals surface area contributed by atoms with E-state index in [1.54, 1.807) is 0 Å². The van der Waals surface area contributed by atoms with Crippen LogP contribution in [0.2, 0.25) is 0 Å². The Labute approximate surface area is 105 Å². The Kier molecular flexibility index (Phi) is 16.0. The quantitative estimate of drug-likeness (QED) is 0.595. The normalized spacial score (nSPS) is 10.9. The minimum absolute atomic E-state index is 0.125. The van der Waals surface area contributed by atoms with Crippen LogP contribution in [0.5, 0.6) is 0 Å². The average Bonchev–Trinajstić information content (AvgIpc) is 2.31. The third-order valence-electron chi connectivity index (χ3n) is 1.38. The van der Waals surface area contributed by atoms with E-state index in [0.717, 1.165) is 0 Å². The van der Waals surface area contributed by atoms with Gasteiger partial charge in [0.1, 0.15) is 0 Å². The lowest BCUT2D eigenvalue weighted by molar-refractivity contribution is -0.0247. The predicted octanol–water partition coefficient (Wildman–Crippen LogP) is 0.539. The molecule has 0 rings (SSSR count). The molecule has 0 fully saturated rings. The molecule has 0 aromatic heterocycles. The number of aliphatic hydroxyl groups is 2. The first-order chi connectivity index (χ1) is 8.16. The lowest BCUT2D eigenvalue weighted by Gasteiger charge is -2.26. The monoisotopic (exact) mass is 270 g/mol. The van der Waals surface area contributed by atoms with Crippen molar-refractivity contribution in [2.24, 2.45) is 0 Å². The zero-order valence-corrected chi connectivity index (χ0v) is 12.3. The number of rotatable bonds is 9. The molecule has 106 valence electrons. The molecule has 2 N–H and O–H groups in total. The van der Waals surface area contributed by atoms with Crippen LogP contribution in [0.25, 0.3) is 0 Å². The maximum absolute atomic E-state index is 7.62. The third kappa shape index (κ3) is 10.8. The zero-order valence-electron chi connectivity index (χ0n) is 11.3. The van der Waals surface area contributed by atoms with Gasteiger partial charge in [-0.2, -0.15) is 0 Å². The van der Waals surface area contributed by atoms with Gasteiger partial charge < -0.3 is 27.9 Å². The highest BCUT2D eigenvalue weighted by Gasteiger charge is 2.44. The Morgan fingerprint density at radius 1 is 0.647 bits per heavy atom. The Bertz CT molecular complexity index is 115. The molecular weight excluding hydrogens is 244 g/mol. The molecule has 0 aliphatic rings. The molecule has 17 heavy (non-hydrogen) atoms. The minimum atomic E-state index is -2.80. The van der Waals surface area contributed by atoms with E-state index >= 15 is 0 Å². The molecule has 0 heterocycles. The van der Waals surface area contributed by atoms with Crippen molar-refractivity contribution in [1.82, 2.24) is 0 Å². The molecule has 0 aliphatic heterocycles. The Morgan fingerprint density at radius 3 is 1.00 bits per heavy atom. The summed E-state index contributed by atoms with van der Waals surface area (Å²) >= 11 is 0. The standard InChI is InChI=1S/C8H20O4Si.C2H6O2/c1-5-9-13(10-6-2,11-7-3)12-8-4;3-1-2-4/h5-8H2,1-4H3;3-4H,1-2H2. The maximum atomic E-state index is 7.62. The van der Waals surface area contributed by atoms with Gasteiger partial charge in [0.25, 0.3) is 0 Å². The van der Waals surface area contributed by atoms with Crippen LogP contribution >= 0.6 is 0 Å². The summed E-state index contributed by atoms with van der Waals surface area (Å²) in [6.45, 7) is 9.55. The highest BCUT2D eigenvalue weighted by Crippen LogP contribution is 2.11. The first-order valence-electron chi connectivity index (χ1n) is 5.93. The summed E-state index contributed by atoms with van der Waals surface area (Å²) in [7, 11) is -2.80. The fourth-order valence-electron chi connectivity index (χ4n) is 0.957. The van der Waals surface area contributed by atoms with Crippen LogP contribution in [0.1, 0.15) is 27.7 Å². The Hall–Kier alpha value is -0.0231. The summed E-state index contributed by atoms with van der Waals surface area (Å²) in [4.78, 5) is 0. The molecule has 0 aromatic carbocycles. The van der Waals surface area contributed by atoms with Gasteiger partial charge in [-0.05, 0) is 27.7 Å². The molecule has 0 spiro atoms. The van der Waals surface area contributed by atoms with Crippen molar-refractivity contribution >= 4 is 9.05 Å². The summed E-state index contributed by atoms with van der Waals surface area (Å²) in [6, 6.07) is 0. The largest absolute Gasteiger partial charge is 0.679 e. The molecule has 0 bridgehead atoms. The van der Waals surface area contributed by atoms with E-state index in [2.05, 4.69) is 0 Å². The minimum Gasteiger partial charge on any atom is -0.394 e. The van der Waals surface area contributed by atoms with Gasteiger partial charge in [-0.15, -0.1) is 0 Å². The van der Waals surface area contributed by atoms with E-state index in [-0.39, 0.29) is 13.2 Å². The van der Waals surface area contributed by atoms with Gasteiger partial charge in [0.05, 0.1) is 13.2 Å². The summed E-state index contributed by atoms with van der Waals surface area (Å²) in [5.74, 6) is 0. The Balaban J connectivity index is 0. The predicted molar refractivity (Wildman–Crippen MR) is 66.4 cm³/mol. The zero-order chi connectivity index (χ0) is 13.6. The smallest absolute Gasteiger partial charge is 0.394 e. The molecule has 0 amide bonds. The van der Waals surface area contributed by atoms with Crippen LogP contribution < -0.4 is 0 Å².